The van der Waals surface area contributed by atoms with Gasteiger partial charge in [-0.2, -0.15) is 0 Å². The number of ether oxygens (including phenoxy) is 1. The van der Waals surface area contributed by atoms with Gasteiger partial charge in [0.25, 0.3) is 0 Å². The van der Waals surface area contributed by atoms with Gasteiger partial charge in [-0.1, -0.05) is 43.0 Å². The van der Waals surface area contributed by atoms with Gasteiger partial charge in [0.15, 0.2) is 0 Å². The van der Waals surface area contributed by atoms with Gasteiger partial charge in [-0.25, -0.2) is 9.78 Å². The minimum atomic E-state index is -0.344. The number of benzene rings is 1. The monoisotopic (exact) mass is 440 g/mol. The molecule has 1 amide bonds. The van der Waals surface area contributed by atoms with E-state index in [-0.39, 0.29) is 17.6 Å². The normalized spacial score (nSPS) is 15.6. The van der Waals surface area contributed by atoms with Gasteiger partial charge in [0, 0.05) is 10.3 Å². The van der Waals surface area contributed by atoms with E-state index in [1.165, 1.54) is 28.0 Å². The average Bonchev–Trinajstić information content (AvgIpc) is 3.09. The number of aromatic nitrogens is 1. The number of nitrogens with one attached hydrogen (secondary N) is 1. The van der Waals surface area contributed by atoms with Crippen LogP contribution in [-0.4, -0.2) is 29.2 Å². The first-order chi connectivity index (χ1) is 14.5. The number of thioether (sulfide) groups is 1. The molecule has 1 unspecified atom stereocenters. The molecule has 2 aromatic heterocycles. The van der Waals surface area contributed by atoms with Crippen LogP contribution in [0.25, 0.3) is 10.9 Å². The Morgan fingerprint density at radius 3 is 2.93 bits per heavy atom. The van der Waals surface area contributed by atoms with Crippen LogP contribution in [0.2, 0.25) is 0 Å². The first kappa shape index (κ1) is 20.9. The van der Waals surface area contributed by atoms with Crippen LogP contribution in [-0.2, 0) is 22.4 Å². The van der Waals surface area contributed by atoms with Crippen molar-refractivity contribution in [1.29, 1.82) is 0 Å². The molecule has 5 nitrogen and oxygen atoms in total. The molecule has 1 N–H and O–H groups in total. The van der Waals surface area contributed by atoms with Crippen molar-refractivity contribution in [2.24, 2.45) is 5.92 Å². The molecular formula is C23H24N2O3S2. The number of amides is 1. The van der Waals surface area contributed by atoms with Crippen molar-refractivity contribution < 1.29 is 14.3 Å². The van der Waals surface area contributed by atoms with Crippen LogP contribution in [0, 0.1) is 5.92 Å². The van der Waals surface area contributed by atoms with Gasteiger partial charge in [0.1, 0.15) is 5.00 Å². The maximum absolute atomic E-state index is 12.7. The van der Waals surface area contributed by atoms with Crippen molar-refractivity contribution >= 4 is 50.9 Å². The lowest BCUT2D eigenvalue weighted by atomic mass is 9.88. The first-order valence-corrected chi connectivity index (χ1v) is 12.0. The third kappa shape index (κ3) is 4.52. The highest BCUT2D eigenvalue weighted by molar-refractivity contribution is 7.99. The maximum atomic E-state index is 12.7. The van der Waals surface area contributed by atoms with Crippen LogP contribution < -0.4 is 5.32 Å². The smallest absolute Gasteiger partial charge is 0.341 e. The zero-order chi connectivity index (χ0) is 21.1. The maximum Gasteiger partial charge on any atom is 0.341 e. The van der Waals surface area contributed by atoms with Crippen LogP contribution in [0.1, 0.15) is 41.1 Å². The standard InChI is InChI=1S/C23H24N2O3S2/c1-3-28-23(27)21-16-10-8-14(2)12-18(16)30-22(21)25-19(26)13-29-20-11-9-15-6-4-5-7-17(15)24-20/h4-7,9,11,14H,3,8,10,12-13H2,1-2H3,(H,25,26). The van der Waals surface area contributed by atoms with E-state index in [1.807, 2.05) is 36.4 Å². The summed E-state index contributed by atoms with van der Waals surface area (Å²) in [6.45, 7) is 4.33. The Hall–Kier alpha value is -2.38. The second-order valence-corrected chi connectivity index (χ2v) is 9.56. The van der Waals surface area contributed by atoms with Gasteiger partial charge in [-0.3, -0.25) is 4.79 Å². The summed E-state index contributed by atoms with van der Waals surface area (Å²) in [5.74, 6) is 0.326. The third-order valence-corrected chi connectivity index (χ3v) is 7.27. The molecular weight excluding hydrogens is 416 g/mol. The predicted octanol–water partition coefficient (Wildman–Crippen LogP) is 5.33. The second kappa shape index (κ2) is 9.18. The van der Waals surface area contributed by atoms with Gasteiger partial charge in [0.05, 0.1) is 28.5 Å². The first-order valence-electron chi connectivity index (χ1n) is 10.1. The molecule has 4 rings (SSSR count). The summed E-state index contributed by atoms with van der Waals surface area (Å²) in [6.07, 6.45) is 2.85. The number of hydrogen-bond acceptors (Lipinski definition) is 6. The molecule has 0 radical (unpaired) electrons. The Bertz CT molecular complexity index is 1090. The lowest BCUT2D eigenvalue weighted by Crippen LogP contribution is -2.17. The molecule has 156 valence electrons. The highest BCUT2D eigenvalue weighted by Crippen LogP contribution is 2.40. The minimum Gasteiger partial charge on any atom is -0.462 e. The van der Waals surface area contributed by atoms with Gasteiger partial charge >= 0.3 is 5.97 Å². The lowest BCUT2D eigenvalue weighted by molar-refractivity contribution is -0.113. The molecule has 0 spiro atoms. The molecule has 3 aromatic rings. The Morgan fingerprint density at radius 2 is 2.10 bits per heavy atom. The van der Waals surface area contributed by atoms with E-state index in [0.717, 1.165) is 40.8 Å². The molecule has 1 atom stereocenters. The Labute approximate surface area is 184 Å². The number of carbonyl (C=O) groups excluding carboxylic acids is 2. The van der Waals surface area contributed by atoms with Crippen LogP contribution in [0.3, 0.4) is 0 Å². The van der Waals surface area contributed by atoms with E-state index < -0.39 is 0 Å². The number of esters is 1. The van der Waals surface area contributed by atoms with Gasteiger partial charge in [-0.05, 0) is 49.8 Å². The molecule has 7 heteroatoms. The Kier molecular flexibility index (Phi) is 6.39. The van der Waals surface area contributed by atoms with E-state index >= 15 is 0 Å². The molecule has 0 aliphatic heterocycles. The number of anilines is 1. The summed E-state index contributed by atoms with van der Waals surface area (Å²) in [5.41, 5.74) is 2.51. The van der Waals surface area contributed by atoms with Gasteiger partial charge < -0.3 is 10.1 Å². The van der Waals surface area contributed by atoms with Crippen LogP contribution in [0.4, 0.5) is 5.00 Å². The summed E-state index contributed by atoms with van der Waals surface area (Å²) in [7, 11) is 0. The lowest BCUT2D eigenvalue weighted by Gasteiger charge is -2.18. The quantitative estimate of drug-likeness (QED) is 0.415. The summed E-state index contributed by atoms with van der Waals surface area (Å²) in [6, 6.07) is 11.8. The molecule has 30 heavy (non-hydrogen) atoms. The van der Waals surface area contributed by atoms with E-state index in [4.69, 9.17) is 4.74 Å². The van der Waals surface area contributed by atoms with Crippen LogP contribution in [0.15, 0.2) is 41.4 Å². The van der Waals surface area contributed by atoms with Gasteiger partial charge in [0.2, 0.25) is 5.91 Å². The van der Waals surface area contributed by atoms with Crippen molar-refractivity contribution in [1.82, 2.24) is 4.98 Å². The third-order valence-electron chi connectivity index (χ3n) is 5.17. The highest BCUT2D eigenvalue weighted by Gasteiger charge is 2.29. The molecule has 0 bridgehead atoms. The number of rotatable bonds is 6. The van der Waals surface area contributed by atoms with E-state index in [9.17, 15) is 9.59 Å². The van der Waals surface area contributed by atoms with Crippen LogP contribution >= 0.6 is 23.1 Å². The molecule has 1 aliphatic carbocycles. The van der Waals surface area contributed by atoms with E-state index in [1.54, 1.807) is 6.92 Å². The summed E-state index contributed by atoms with van der Waals surface area (Å²) in [5, 5.41) is 5.45. The minimum absolute atomic E-state index is 0.146. The molecule has 0 fully saturated rings. The zero-order valence-electron chi connectivity index (χ0n) is 17.1. The largest absolute Gasteiger partial charge is 0.462 e. The topological polar surface area (TPSA) is 68.3 Å². The summed E-state index contributed by atoms with van der Waals surface area (Å²) < 4.78 is 5.27. The second-order valence-electron chi connectivity index (χ2n) is 7.46. The molecule has 1 aliphatic rings. The SMILES string of the molecule is CCOC(=O)c1c(NC(=O)CSc2ccc3ccccc3n2)sc2c1CCC(C)C2. The van der Waals surface area contributed by atoms with Crippen molar-refractivity contribution in [3.8, 4) is 0 Å². The number of thiophene rings is 1. The molecule has 2 heterocycles. The van der Waals surface area contributed by atoms with Crippen molar-refractivity contribution in [3.05, 3.63) is 52.4 Å². The van der Waals surface area contributed by atoms with Crippen molar-refractivity contribution in [3.63, 3.8) is 0 Å². The number of fused-ring (bicyclic) bond motifs is 2. The molecule has 0 saturated carbocycles. The zero-order valence-corrected chi connectivity index (χ0v) is 18.7. The predicted molar refractivity (Wildman–Crippen MR) is 123 cm³/mol. The van der Waals surface area contributed by atoms with Gasteiger partial charge in [-0.15, -0.1) is 11.3 Å². The number of pyridine rings is 1. The van der Waals surface area contributed by atoms with Crippen molar-refractivity contribution in [2.45, 2.75) is 38.1 Å². The molecule has 1 aromatic carbocycles. The number of hydrogen-bond donors (Lipinski definition) is 1. The fraction of sp³-hybridized carbons (Fsp3) is 0.348. The van der Waals surface area contributed by atoms with E-state index in [0.29, 0.717) is 23.1 Å². The average molecular weight is 441 g/mol. The number of para-hydroxylation sites is 1. The van der Waals surface area contributed by atoms with Crippen molar-refractivity contribution in [2.75, 3.05) is 17.7 Å². The fourth-order valence-corrected chi connectivity index (χ4v) is 5.78. The summed E-state index contributed by atoms with van der Waals surface area (Å²) >= 11 is 2.90. The highest BCUT2D eigenvalue weighted by atomic mass is 32.2. The fourth-order valence-electron chi connectivity index (χ4n) is 3.69. The summed E-state index contributed by atoms with van der Waals surface area (Å²) in [4.78, 5) is 31.0. The number of carbonyl (C=O) groups is 2. The molecule has 0 saturated heterocycles. The van der Waals surface area contributed by atoms with Crippen LogP contribution in [0.5, 0.6) is 0 Å². The Balaban J connectivity index is 1.48. The number of nitrogens with zero attached hydrogens (tertiary/aromatic N) is 1. The van der Waals surface area contributed by atoms with E-state index in [2.05, 4.69) is 17.2 Å². The Morgan fingerprint density at radius 1 is 1.27 bits per heavy atom.